The molecule has 2 aliphatic carbocycles. The highest BCUT2D eigenvalue weighted by atomic mass is 16.7. The minimum absolute atomic E-state index is 0.109. The molecule has 5 rings (SSSR count). The number of aryl methyl sites for hydroxylation is 1. The summed E-state index contributed by atoms with van der Waals surface area (Å²) in [5.74, 6) is 1.71. The Hall–Kier alpha value is -1.65. The van der Waals surface area contributed by atoms with Crippen molar-refractivity contribution in [2.75, 3.05) is 13.2 Å². The summed E-state index contributed by atoms with van der Waals surface area (Å²) in [7, 11) is 0. The Morgan fingerprint density at radius 2 is 1.85 bits per heavy atom. The van der Waals surface area contributed by atoms with Crippen LogP contribution in [0.2, 0.25) is 0 Å². The van der Waals surface area contributed by atoms with Gasteiger partial charge in [0, 0.05) is 29.1 Å². The maximum absolute atomic E-state index is 6.13. The van der Waals surface area contributed by atoms with Gasteiger partial charge < -0.3 is 14.0 Å². The van der Waals surface area contributed by atoms with Crippen LogP contribution in [-0.2, 0) is 21.3 Å². The predicted molar refractivity (Wildman–Crippen MR) is 100 cm³/mol. The van der Waals surface area contributed by atoms with Crippen LogP contribution in [0.4, 0.5) is 0 Å². The molecule has 138 valence electrons. The molecular weight excluding hydrogens is 324 g/mol. The van der Waals surface area contributed by atoms with E-state index in [1.165, 1.54) is 23.5 Å². The molecule has 1 spiro atoms. The Morgan fingerprint density at radius 3 is 2.58 bits per heavy atom. The van der Waals surface area contributed by atoms with E-state index in [1.807, 2.05) is 0 Å². The summed E-state index contributed by atoms with van der Waals surface area (Å²) < 4.78 is 14.6. The monoisotopic (exact) mass is 352 g/mol. The van der Waals surface area contributed by atoms with E-state index in [2.05, 4.69) is 55.7 Å². The van der Waals surface area contributed by atoms with Gasteiger partial charge in [-0.05, 0) is 44.2 Å². The van der Waals surface area contributed by atoms with Crippen molar-refractivity contribution in [1.82, 2.24) is 9.55 Å². The van der Waals surface area contributed by atoms with Crippen LogP contribution in [-0.4, -0.2) is 28.6 Å². The first-order valence-electron chi connectivity index (χ1n) is 9.97. The Bertz CT molecular complexity index is 822. The molecule has 1 aliphatic heterocycles. The first-order valence-corrected chi connectivity index (χ1v) is 9.97. The minimum Gasteiger partial charge on any atom is -0.347 e. The predicted octanol–water partition coefficient (Wildman–Crippen LogP) is 4.17. The van der Waals surface area contributed by atoms with Crippen molar-refractivity contribution in [3.63, 3.8) is 0 Å². The fourth-order valence-corrected chi connectivity index (χ4v) is 5.92. The molecular formula is C22H28N2O2. The Labute approximate surface area is 155 Å². The van der Waals surface area contributed by atoms with E-state index < -0.39 is 0 Å². The number of imidazole rings is 1. The van der Waals surface area contributed by atoms with Crippen LogP contribution < -0.4 is 0 Å². The lowest BCUT2D eigenvalue weighted by molar-refractivity contribution is -0.234. The van der Waals surface area contributed by atoms with Gasteiger partial charge in [-0.15, -0.1) is 0 Å². The van der Waals surface area contributed by atoms with Gasteiger partial charge in [-0.2, -0.15) is 0 Å². The molecule has 2 heterocycles. The fraction of sp³-hybridized carbons (Fsp3) is 0.591. The average molecular weight is 352 g/mol. The zero-order chi connectivity index (χ0) is 17.9. The lowest BCUT2D eigenvalue weighted by atomic mass is 9.55. The van der Waals surface area contributed by atoms with Gasteiger partial charge >= 0.3 is 0 Å². The normalized spacial score (nSPS) is 32.4. The number of rotatable bonds is 1. The standard InChI is InChI=1S/C22H28N2O2/c1-15-18-9-10-19-20(21(18,3)11-12-22(15)25-13-14-26-22)23-16(2)24(19)17-7-5-4-6-8-17/h4-8,15,18H,9-14H2,1-3H3/t15-,18-,21-/m0/s1. The summed E-state index contributed by atoms with van der Waals surface area (Å²) in [5, 5.41) is 0. The molecule has 4 heteroatoms. The van der Waals surface area contributed by atoms with Gasteiger partial charge in [0.15, 0.2) is 5.79 Å². The highest BCUT2D eigenvalue weighted by Gasteiger charge is 2.58. The van der Waals surface area contributed by atoms with E-state index in [9.17, 15) is 0 Å². The number of hydrogen-bond donors (Lipinski definition) is 0. The third-order valence-electron chi connectivity index (χ3n) is 7.27. The lowest BCUT2D eigenvalue weighted by Crippen LogP contribution is -2.55. The molecule has 2 aromatic rings. The van der Waals surface area contributed by atoms with Gasteiger partial charge in [-0.1, -0.05) is 32.0 Å². The van der Waals surface area contributed by atoms with Crippen molar-refractivity contribution >= 4 is 0 Å². The SMILES string of the molecule is Cc1nc2c(n1-c1ccccc1)CC[C@H]1[C@H](C)C3(CC[C@]21C)OCCO3. The number of fused-ring (bicyclic) bond motifs is 3. The Kier molecular flexibility index (Phi) is 3.60. The smallest absolute Gasteiger partial charge is 0.171 e. The third kappa shape index (κ3) is 2.12. The Balaban J connectivity index is 1.58. The fourth-order valence-electron chi connectivity index (χ4n) is 5.92. The van der Waals surface area contributed by atoms with Crippen LogP contribution in [0.5, 0.6) is 0 Å². The van der Waals surface area contributed by atoms with Crippen LogP contribution in [0.3, 0.4) is 0 Å². The molecule has 0 bridgehead atoms. The summed E-state index contributed by atoms with van der Waals surface area (Å²) >= 11 is 0. The van der Waals surface area contributed by atoms with Crippen LogP contribution in [0, 0.1) is 18.8 Å². The van der Waals surface area contributed by atoms with Gasteiger partial charge in [0.1, 0.15) is 5.82 Å². The first kappa shape index (κ1) is 16.5. The molecule has 3 atom stereocenters. The van der Waals surface area contributed by atoms with Crippen molar-refractivity contribution in [2.24, 2.45) is 11.8 Å². The average Bonchev–Trinajstić information content (AvgIpc) is 3.25. The quantitative estimate of drug-likeness (QED) is 0.773. The number of para-hydroxylation sites is 1. The zero-order valence-electron chi connectivity index (χ0n) is 16.0. The molecule has 1 aromatic heterocycles. The molecule has 1 saturated carbocycles. The molecule has 0 unspecified atom stereocenters. The molecule has 4 nitrogen and oxygen atoms in total. The highest BCUT2D eigenvalue weighted by Crippen LogP contribution is 2.56. The van der Waals surface area contributed by atoms with E-state index in [4.69, 9.17) is 14.5 Å². The van der Waals surface area contributed by atoms with Crippen LogP contribution in [0.25, 0.3) is 5.69 Å². The second-order valence-corrected chi connectivity index (χ2v) is 8.49. The number of aromatic nitrogens is 2. The van der Waals surface area contributed by atoms with Crippen molar-refractivity contribution in [1.29, 1.82) is 0 Å². The molecule has 0 radical (unpaired) electrons. The van der Waals surface area contributed by atoms with Gasteiger partial charge in [0.2, 0.25) is 0 Å². The maximum Gasteiger partial charge on any atom is 0.171 e. The Morgan fingerprint density at radius 1 is 1.12 bits per heavy atom. The number of ether oxygens (including phenoxy) is 2. The molecule has 26 heavy (non-hydrogen) atoms. The van der Waals surface area contributed by atoms with Gasteiger partial charge in [0.25, 0.3) is 0 Å². The van der Waals surface area contributed by atoms with Crippen molar-refractivity contribution < 1.29 is 9.47 Å². The minimum atomic E-state index is -0.348. The number of nitrogens with zero attached hydrogens (tertiary/aromatic N) is 2. The van der Waals surface area contributed by atoms with Crippen molar-refractivity contribution in [3.8, 4) is 5.69 Å². The summed E-state index contributed by atoms with van der Waals surface area (Å²) in [4.78, 5) is 5.11. The summed E-state index contributed by atoms with van der Waals surface area (Å²) in [5.41, 5.74) is 4.06. The summed E-state index contributed by atoms with van der Waals surface area (Å²) in [6, 6.07) is 10.7. The zero-order valence-corrected chi connectivity index (χ0v) is 16.0. The van der Waals surface area contributed by atoms with E-state index in [1.54, 1.807) is 0 Å². The van der Waals surface area contributed by atoms with E-state index >= 15 is 0 Å². The topological polar surface area (TPSA) is 36.3 Å². The number of hydrogen-bond acceptors (Lipinski definition) is 3. The van der Waals surface area contributed by atoms with Crippen LogP contribution >= 0.6 is 0 Å². The van der Waals surface area contributed by atoms with Crippen molar-refractivity contribution in [3.05, 3.63) is 47.5 Å². The molecule has 1 aromatic carbocycles. The highest BCUT2D eigenvalue weighted by molar-refractivity contribution is 5.41. The number of benzene rings is 1. The van der Waals surface area contributed by atoms with Crippen LogP contribution in [0.1, 0.15) is 50.3 Å². The van der Waals surface area contributed by atoms with Crippen LogP contribution in [0.15, 0.2) is 30.3 Å². The first-order chi connectivity index (χ1) is 12.6. The molecule has 2 fully saturated rings. The van der Waals surface area contributed by atoms with Gasteiger partial charge in [-0.25, -0.2) is 4.98 Å². The van der Waals surface area contributed by atoms with E-state index in [0.717, 1.165) is 38.3 Å². The maximum atomic E-state index is 6.13. The molecule has 3 aliphatic rings. The van der Waals surface area contributed by atoms with E-state index in [-0.39, 0.29) is 11.2 Å². The largest absolute Gasteiger partial charge is 0.347 e. The molecule has 0 amide bonds. The van der Waals surface area contributed by atoms with Gasteiger partial charge in [-0.3, -0.25) is 0 Å². The second-order valence-electron chi connectivity index (χ2n) is 8.49. The molecule has 1 saturated heterocycles. The molecule has 0 N–H and O–H groups in total. The second kappa shape index (κ2) is 5.67. The van der Waals surface area contributed by atoms with E-state index in [0.29, 0.717) is 11.8 Å². The summed E-state index contributed by atoms with van der Waals surface area (Å²) in [6.45, 7) is 8.37. The lowest BCUT2D eigenvalue weighted by Gasteiger charge is -2.53. The van der Waals surface area contributed by atoms with Crippen molar-refractivity contribution in [2.45, 2.75) is 57.7 Å². The summed E-state index contributed by atoms with van der Waals surface area (Å²) in [6.07, 6.45) is 4.31. The third-order valence-corrected chi connectivity index (χ3v) is 7.27. The van der Waals surface area contributed by atoms with Gasteiger partial charge in [0.05, 0.1) is 18.9 Å².